The first-order valence-electron chi connectivity index (χ1n) is 1.71. The number of hydrogen-bond acceptors (Lipinski definition) is 0. The van der Waals surface area contributed by atoms with Crippen molar-refractivity contribution in [1.29, 1.82) is 0 Å². The maximum Gasteiger partial charge on any atom is 0 e. The van der Waals surface area contributed by atoms with Crippen LogP contribution in [0.5, 0.6) is 0 Å². The largest absolute Gasteiger partial charge is 1.00 e. The molecule has 0 heterocycles. The zero-order chi connectivity index (χ0) is 3.41. The van der Waals surface area contributed by atoms with Gasteiger partial charge in [-0.1, -0.05) is 26.7 Å². The van der Waals surface area contributed by atoms with Gasteiger partial charge in [-0.3, -0.25) is 0 Å². The van der Waals surface area contributed by atoms with E-state index in [9.17, 15) is 0 Å². The van der Waals surface area contributed by atoms with Crippen LogP contribution in [0.25, 0.3) is 0 Å². The van der Waals surface area contributed by atoms with Crippen LogP contribution in [0.4, 0.5) is 0 Å². The molecule has 0 fully saturated rings. The number of hydrogen-bond donors (Lipinski definition) is 0. The van der Waals surface area contributed by atoms with Crippen LogP contribution >= 0.6 is 0 Å². The molecule has 6 heavy (non-hydrogen) atoms. The van der Waals surface area contributed by atoms with Crippen molar-refractivity contribution < 1.29 is 34.1 Å². The standard InChI is InChI=1S/C4H9.BrH.Mn/c1-3-4-2;;/h1,3-4H2,2H3;1H;/p-1. The van der Waals surface area contributed by atoms with Crippen LogP contribution in [0.1, 0.15) is 19.8 Å². The fraction of sp³-hybridized carbons (Fsp3) is 0.750. The summed E-state index contributed by atoms with van der Waals surface area (Å²) in [4.78, 5) is 0. The Bertz CT molecular complexity index is 9.51. The Morgan fingerprint density at radius 1 is 1.50 bits per heavy atom. The minimum absolute atomic E-state index is 0. The van der Waals surface area contributed by atoms with Crippen molar-refractivity contribution in [2.24, 2.45) is 0 Å². The first kappa shape index (κ1) is 15.8. The average molecular weight is 192 g/mol. The Kier molecular flexibility index (Phi) is 43.8. The first-order valence-corrected chi connectivity index (χ1v) is 1.71. The smallest absolute Gasteiger partial charge is 0 e. The zero-order valence-electron chi connectivity index (χ0n) is 3.88. The van der Waals surface area contributed by atoms with E-state index in [0.29, 0.717) is 0 Å². The molecular weight excluding hydrogens is 183 g/mol. The summed E-state index contributed by atoms with van der Waals surface area (Å²) in [5.74, 6) is 0. The van der Waals surface area contributed by atoms with Crippen molar-refractivity contribution >= 4 is 0 Å². The minimum atomic E-state index is 0. The fourth-order valence-corrected chi connectivity index (χ4v) is 0. The Morgan fingerprint density at radius 2 is 1.67 bits per heavy atom. The summed E-state index contributed by atoms with van der Waals surface area (Å²) in [5.41, 5.74) is 0. The van der Waals surface area contributed by atoms with Gasteiger partial charge in [-0.25, -0.2) is 0 Å². The van der Waals surface area contributed by atoms with E-state index in [-0.39, 0.29) is 34.1 Å². The van der Waals surface area contributed by atoms with Crippen LogP contribution in [0.15, 0.2) is 0 Å². The third-order valence-electron chi connectivity index (χ3n) is 0.354. The van der Waals surface area contributed by atoms with E-state index < -0.39 is 0 Å². The van der Waals surface area contributed by atoms with Crippen LogP contribution in [0, 0.1) is 6.92 Å². The molecule has 0 aromatic rings. The summed E-state index contributed by atoms with van der Waals surface area (Å²) in [5, 5.41) is 0. The van der Waals surface area contributed by atoms with E-state index in [1.807, 2.05) is 0 Å². The zero-order valence-corrected chi connectivity index (χ0v) is 6.64. The van der Waals surface area contributed by atoms with Crippen LogP contribution < -0.4 is 17.0 Å². The fourth-order valence-electron chi connectivity index (χ4n) is 0. The van der Waals surface area contributed by atoms with Gasteiger partial charge in [-0.2, -0.15) is 0 Å². The van der Waals surface area contributed by atoms with E-state index in [2.05, 4.69) is 13.8 Å². The Labute approximate surface area is 60.9 Å². The Balaban J connectivity index is -0.0000000450. The van der Waals surface area contributed by atoms with Gasteiger partial charge in [-0.15, -0.1) is 0 Å². The molecule has 0 bridgehead atoms. The van der Waals surface area contributed by atoms with Gasteiger partial charge in [0.1, 0.15) is 0 Å². The summed E-state index contributed by atoms with van der Waals surface area (Å²) in [6, 6.07) is 0. The molecule has 0 aliphatic carbocycles. The van der Waals surface area contributed by atoms with E-state index in [0.717, 1.165) is 6.42 Å². The van der Waals surface area contributed by atoms with Crippen molar-refractivity contribution in [3.05, 3.63) is 6.92 Å². The molecular formula is C4H9BrMn-. The molecule has 0 saturated carbocycles. The number of rotatable bonds is 1. The molecule has 40 valence electrons. The molecule has 0 aliphatic heterocycles. The summed E-state index contributed by atoms with van der Waals surface area (Å²) in [7, 11) is 0. The van der Waals surface area contributed by atoms with Crippen molar-refractivity contribution in [1.82, 2.24) is 0 Å². The van der Waals surface area contributed by atoms with Crippen LogP contribution in [-0.4, -0.2) is 0 Å². The molecule has 2 heteroatoms. The second-order valence-corrected chi connectivity index (χ2v) is 0.854. The average Bonchev–Trinajstić information content (AvgIpc) is 1.37. The van der Waals surface area contributed by atoms with E-state index in [4.69, 9.17) is 0 Å². The summed E-state index contributed by atoms with van der Waals surface area (Å²) in [6.45, 7) is 5.72. The molecule has 0 atom stereocenters. The van der Waals surface area contributed by atoms with Gasteiger partial charge in [0.2, 0.25) is 0 Å². The van der Waals surface area contributed by atoms with Gasteiger partial charge in [0, 0.05) is 17.1 Å². The van der Waals surface area contributed by atoms with Crippen LogP contribution in [-0.2, 0) is 17.1 Å². The van der Waals surface area contributed by atoms with Gasteiger partial charge in [0.25, 0.3) is 0 Å². The number of halogens is 1. The minimum Gasteiger partial charge on any atom is -1.00 e. The van der Waals surface area contributed by atoms with Crippen LogP contribution in [0.3, 0.4) is 0 Å². The predicted molar refractivity (Wildman–Crippen MR) is 20.3 cm³/mol. The molecule has 0 rings (SSSR count). The quantitative estimate of drug-likeness (QED) is 0.449. The third-order valence-corrected chi connectivity index (χ3v) is 0.354. The van der Waals surface area contributed by atoms with Gasteiger partial charge in [-0.05, 0) is 0 Å². The third kappa shape index (κ3) is 20.0. The molecule has 0 aromatic carbocycles. The topological polar surface area (TPSA) is 0 Å². The second-order valence-electron chi connectivity index (χ2n) is 0.854. The van der Waals surface area contributed by atoms with Gasteiger partial charge in [0.05, 0.1) is 0 Å². The Morgan fingerprint density at radius 3 is 1.67 bits per heavy atom. The maximum atomic E-state index is 3.60. The maximum absolute atomic E-state index is 3.60. The molecule has 0 aromatic heterocycles. The summed E-state index contributed by atoms with van der Waals surface area (Å²) >= 11 is 0. The summed E-state index contributed by atoms with van der Waals surface area (Å²) in [6.07, 6.45) is 2.28. The molecule has 0 N–H and O–H groups in total. The van der Waals surface area contributed by atoms with Gasteiger partial charge in [0.15, 0.2) is 0 Å². The summed E-state index contributed by atoms with van der Waals surface area (Å²) < 4.78 is 0. The van der Waals surface area contributed by atoms with E-state index in [1.54, 1.807) is 0 Å². The molecule has 0 saturated heterocycles. The van der Waals surface area contributed by atoms with E-state index >= 15 is 0 Å². The second kappa shape index (κ2) is 16.7. The SMILES string of the molecule is [Br-].[CH2]CCC.[Mn]. The van der Waals surface area contributed by atoms with Crippen molar-refractivity contribution in [2.75, 3.05) is 0 Å². The molecule has 0 unspecified atom stereocenters. The van der Waals surface area contributed by atoms with Crippen molar-refractivity contribution in [3.63, 3.8) is 0 Å². The molecule has 2 radical (unpaired) electrons. The van der Waals surface area contributed by atoms with Crippen LogP contribution in [0.2, 0.25) is 0 Å². The van der Waals surface area contributed by atoms with Crippen molar-refractivity contribution in [2.45, 2.75) is 19.8 Å². The first-order chi connectivity index (χ1) is 1.91. The molecule has 0 amide bonds. The molecule has 0 aliphatic rings. The Hall–Kier alpha value is 0.999. The normalized spacial score (nSPS) is 5.00. The monoisotopic (exact) mass is 191 g/mol. The van der Waals surface area contributed by atoms with E-state index in [1.165, 1.54) is 6.42 Å². The predicted octanol–water partition coefficient (Wildman–Crippen LogP) is -1.38. The number of unbranched alkanes of at least 4 members (excludes halogenated alkanes) is 1. The molecule has 0 nitrogen and oxygen atoms in total. The van der Waals surface area contributed by atoms with Gasteiger partial charge >= 0.3 is 0 Å². The van der Waals surface area contributed by atoms with Gasteiger partial charge < -0.3 is 17.0 Å². The molecule has 0 spiro atoms. The van der Waals surface area contributed by atoms with Crippen molar-refractivity contribution in [3.8, 4) is 0 Å².